The number of fused-ring (bicyclic) bond motifs is 13. The van der Waals surface area contributed by atoms with Crippen molar-refractivity contribution < 1.29 is 4.42 Å². The lowest BCUT2D eigenvalue weighted by molar-refractivity contribution is 0.669. The van der Waals surface area contributed by atoms with E-state index in [-0.39, 0.29) is 0 Å². The number of benzene rings is 11. The van der Waals surface area contributed by atoms with Crippen LogP contribution in [0.4, 0.5) is 17.1 Å². The number of para-hydroxylation sites is 2. The Bertz CT molecular complexity index is 3930. The number of anilines is 3. The SMILES string of the molecule is c1ccc(-c2cccc(-c3cc(N(c4cccc(-c5cccc6ccccc56)c4)c4cccc5c4oc4ccccc45)cc4c3Sc3ccccc3C43c4ccccc4-c4ccccc43)c2)cc1. The average molecular weight is 884 g/mol. The van der Waals surface area contributed by atoms with Gasteiger partial charge in [-0.05, 0) is 126 Å². The van der Waals surface area contributed by atoms with Crippen molar-refractivity contribution in [2.24, 2.45) is 0 Å². The molecule has 2 aliphatic rings. The molecule has 2 nitrogen and oxygen atoms in total. The molecule has 1 aliphatic heterocycles. The van der Waals surface area contributed by atoms with Crippen LogP contribution in [-0.4, -0.2) is 0 Å². The predicted octanol–water partition coefficient (Wildman–Crippen LogP) is 18.0. The second kappa shape index (κ2) is 15.4. The van der Waals surface area contributed by atoms with Gasteiger partial charge in [-0.2, -0.15) is 0 Å². The van der Waals surface area contributed by atoms with Gasteiger partial charge in [0.25, 0.3) is 0 Å². The topological polar surface area (TPSA) is 16.4 Å². The van der Waals surface area contributed by atoms with E-state index >= 15 is 0 Å². The zero-order valence-electron chi connectivity index (χ0n) is 36.9. The molecule has 1 spiro atoms. The van der Waals surface area contributed by atoms with Crippen molar-refractivity contribution in [1.82, 2.24) is 0 Å². The molecule has 0 unspecified atom stereocenters. The summed E-state index contributed by atoms with van der Waals surface area (Å²) < 4.78 is 6.96. The molecular weight excluding hydrogens is 843 g/mol. The molecular formula is C65H41NOS. The molecule has 318 valence electrons. The third-order valence-corrected chi connectivity index (χ3v) is 15.5. The molecule has 12 aromatic rings. The van der Waals surface area contributed by atoms with Crippen molar-refractivity contribution >= 4 is 61.5 Å². The Morgan fingerprint density at radius 1 is 0.353 bits per heavy atom. The van der Waals surface area contributed by atoms with Gasteiger partial charge in [0.05, 0.1) is 11.1 Å². The minimum absolute atomic E-state index is 0.603. The third-order valence-electron chi connectivity index (χ3n) is 14.3. The summed E-state index contributed by atoms with van der Waals surface area (Å²) in [6.07, 6.45) is 0. The summed E-state index contributed by atoms with van der Waals surface area (Å²) in [7, 11) is 0. The van der Waals surface area contributed by atoms with E-state index in [1.54, 1.807) is 0 Å². The molecule has 1 aliphatic carbocycles. The molecule has 14 rings (SSSR count). The fourth-order valence-electron chi connectivity index (χ4n) is 11.4. The molecule has 0 saturated carbocycles. The summed E-state index contributed by atoms with van der Waals surface area (Å²) in [5.74, 6) is 0. The maximum absolute atomic E-state index is 6.96. The zero-order valence-corrected chi connectivity index (χ0v) is 37.8. The zero-order chi connectivity index (χ0) is 44.8. The van der Waals surface area contributed by atoms with Crippen LogP contribution in [0.3, 0.4) is 0 Å². The maximum Gasteiger partial charge on any atom is 0.159 e. The predicted molar refractivity (Wildman–Crippen MR) is 284 cm³/mol. The van der Waals surface area contributed by atoms with Crippen LogP contribution in [0.15, 0.2) is 263 Å². The molecule has 0 amide bonds. The lowest BCUT2D eigenvalue weighted by Crippen LogP contribution is -2.32. The average Bonchev–Trinajstić information content (AvgIpc) is 3.94. The van der Waals surface area contributed by atoms with E-state index in [1.807, 2.05) is 11.8 Å². The van der Waals surface area contributed by atoms with Crippen LogP contribution in [0.2, 0.25) is 0 Å². The van der Waals surface area contributed by atoms with Gasteiger partial charge in [-0.25, -0.2) is 0 Å². The van der Waals surface area contributed by atoms with E-state index in [2.05, 4.69) is 254 Å². The molecule has 68 heavy (non-hydrogen) atoms. The molecule has 0 saturated heterocycles. The molecule has 0 N–H and O–H groups in total. The van der Waals surface area contributed by atoms with Gasteiger partial charge >= 0.3 is 0 Å². The van der Waals surface area contributed by atoms with E-state index < -0.39 is 5.41 Å². The van der Waals surface area contributed by atoms with Gasteiger partial charge in [0.2, 0.25) is 0 Å². The molecule has 0 fully saturated rings. The molecule has 0 radical (unpaired) electrons. The number of furan rings is 1. The van der Waals surface area contributed by atoms with Crippen LogP contribution in [0.1, 0.15) is 22.3 Å². The van der Waals surface area contributed by atoms with Crippen molar-refractivity contribution in [2.75, 3.05) is 4.90 Å². The van der Waals surface area contributed by atoms with E-state index in [0.717, 1.165) is 50.1 Å². The largest absolute Gasteiger partial charge is 0.454 e. The Labute approximate surface area is 399 Å². The quantitative estimate of drug-likeness (QED) is 0.166. The van der Waals surface area contributed by atoms with Gasteiger partial charge < -0.3 is 9.32 Å². The van der Waals surface area contributed by atoms with E-state index in [0.29, 0.717) is 0 Å². The first-order valence-electron chi connectivity index (χ1n) is 23.3. The summed E-state index contributed by atoms with van der Waals surface area (Å²) in [6.45, 7) is 0. The number of rotatable bonds is 6. The van der Waals surface area contributed by atoms with Crippen LogP contribution in [-0.2, 0) is 5.41 Å². The fourth-order valence-corrected chi connectivity index (χ4v) is 12.7. The van der Waals surface area contributed by atoms with Gasteiger partial charge in [0.15, 0.2) is 5.58 Å². The van der Waals surface area contributed by atoms with Crippen LogP contribution in [0, 0.1) is 0 Å². The van der Waals surface area contributed by atoms with Gasteiger partial charge in [-0.15, -0.1) is 0 Å². The van der Waals surface area contributed by atoms with Crippen LogP contribution < -0.4 is 4.90 Å². The second-order valence-corrected chi connectivity index (χ2v) is 19.0. The molecule has 11 aromatic carbocycles. The molecule has 0 bridgehead atoms. The second-order valence-electron chi connectivity index (χ2n) is 17.9. The van der Waals surface area contributed by atoms with Gasteiger partial charge in [-0.1, -0.05) is 212 Å². The minimum atomic E-state index is -0.603. The fraction of sp³-hybridized carbons (Fsp3) is 0.0154. The first kappa shape index (κ1) is 38.9. The highest BCUT2D eigenvalue weighted by Gasteiger charge is 2.51. The van der Waals surface area contributed by atoms with Crippen LogP contribution >= 0.6 is 11.8 Å². The smallest absolute Gasteiger partial charge is 0.159 e. The Morgan fingerprint density at radius 3 is 1.78 bits per heavy atom. The lowest BCUT2D eigenvalue weighted by atomic mass is 9.66. The highest BCUT2D eigenvalue weighted by atomic mass is 32.2. The standard InChI is InChI=1S/C65H41NOS/c1-2-18-42(19-3-1)44-22-14-23-45(38-44)55-40-48(41-59-64(55)68-62-37-13-11-34-58(62)65(59)56-32-9-6-27-51(56)52-28-7-10-33-57(52)65)66(60-35-17-31-54-53-29-8-12-36-61(53)67-63(54)60)47-25-15-24-46(39-47)50-30-16-21-43-20-4-5-26-49(43)50/h1-41H. The summed E-state index contributed by atoms with van der Waals surface area (Å²) in [4.78, 5) is 4.98. The third kappa shape index (κ3) is 5.79. The van der Waals surface area contributed by atoms with E-state index in [1.165, 1.54) is 76.2 Å². The van der Waals surface area contributed by atoms with Gasteiger partial charge in [0.1, 0.15) is 5.58 Å². The Balaban J connectivity index is 1.11. The van der Waals surface area contributed by atoms with Crippen molar-refractivity contribution in [3.8, 4) is 44.5 Å². The normalized spacial score (nSPS) is 13.1. The van der Waals surface area contributed by atoms with Crippen LogP contribution in [0.25, 0.3) is 77.2 Å². The Kier molecular flexibility index (Phi) is 8.77. The van der Waals surface area contributed by atoms with Crippen molar-refractivity contribution in [1.29, 1.82) is 0 Å². The first-order valence-corrected chi connectivity index (χ1v) is 24.1. The minimum Gasteiger partial charge on any atom is -0.454 e. The van der Waals surface area contributed by atoms with Crippen molar-refractivity contribution in [3.05, 3.63) is 271 Å². The Morgan fingerprint density at radius 2 is 0.941 bits per heavy atom. The number of nitrogens with zero attached hydrogens (tertiary/aromatic N) is 1. The molecule has 2 heterocycles. The van der Waals surface area contributed by atoms with E-state index in [9.17, 15) is 0 Å². The summed E-state index contributed by atoms with van der Waals surface area (Å²) in [6, 6.07) is 91.5. The Hall–Kier alpha value is -8.37. The number of hydrogen-bond acceptors (Lipinski definition) is 3. The van der Waals surface area contributed by atoms with Gasteiger partial charge in [-0.3, -0.25) is 0 Å². The van der Waals surface area contributed by atoms with E-state index in [4.69, 9.17) is 4.42 Å². The van der Waals surface area contributed by atoms with Crippen molar-refractivity contribution in [3.63, 3.8) is 0 Å². The van der Waals surface area contributed by atoms with Crippen LogP contribution in [0.5, 0.6) is 0 Å². The molecule has 3 heteroatoms. The monoisotopic (exact) mass is 883 g/mol. The number of hydrogen-bond donors (Lipinski definition) is 0. The highest BCUT2D eigenvalue weighted by molar-refractivity contribution is 7.99. The molecule has 0 atom stereocenters. The maximum atomic E-state index is 6.96. The van der Waals surface area contributed by atoms with Gasteiger partial charge in [0, 0.05) is 31.9 Å². The van der Waals surface area contributed by atoms with Crippen molar-refractivity contribution in [2.45, 2.75) is 15.2 Å². The first-order chi connectivity index (χ1) is 33.7. The lowest BCUT2D eigenvalue weighted by Gasteiger charge is -2.41. The molecule has 1 aromatic heterocycles. The summed E-state index contributed by atoms with van der Waals surface area (Å²) >= 11 is 1.90. The summed E-state index contributed by atoms with van der Waals surface area (Å²) in [5, 5.41) is 4.63. The highest BCUT2D eigenvalue weighted by Crippen LogP contribution is 2.64. The summed E-state index contributed by atoms with van der Waals surface area (Å²) in [5.41, 5.74) is 19.0.